The van der Waals surface area contributed by atoms with Gasteiger partial charge in [-0.2, -0.15) is 0 Å². The summed E-state index contributed by atoms with van der Waals surface area (Å²) in [6.07, 6.45) is 1.63. The molecule has 0 aliphatic carbocycles. The van der Waals surface area contributed by atoms with Gasteiger partial charge in [-0.15, -0.1) is 0 Å². The van der Waals surface area contributed by atoms with Crippen LogP contribution in [-0.2, 0) is 11.2 Å². The van der Waals surface area contributed by atoms with E-state index in [2.05, 4.69) is 41.4 Å². The third-order valence-corrected chi connectivity index (χ3v) is 4.12. The van der Waals surface area contributed by atoms with Crippen molar-refractivity contribution in [2.45, 2.75) is 19.8 Å². The molecule has 1 fully saturated rings. The summed E-state index contributed by atoms with van der Waals surface area (Å²) < 4.78 is 0. The highest BCUT2D eigenvalue weighted by atomic mass is 16.2. The second kappa shape index (κ2) is 8.80. The molecule has 0 atom stereocenters. The summed E-state index contributed by atoms with van der Waals surface area (Å²) in [5.74, 6) is 0.290. The molecule has 0 aromatic heterocycles. The zero-order valence-electron chi connectivity index (χ0n) is 13.1. The standard InChI is InChI=1S/C17H27N3O/c1-2-19-12-14-20(15-13-19)17(21)9-11-18-10-8-16-6-4-3-5-7-16/h3-7,18H,2,8-15H2,1H3. The maximum Gasteiger partial charge on any atom is 0.223 e. The quantitative estimate of drug-likeness (QED) is 0.770. The molecule has 1 amide bonds. The monoisotopic (exact) mass is 289 g/mol. The maximum absolute atomic E-state index is 12.1. The number of piperazine rings is 1. The molecule has 1 aliphatic rings. The number of nitrogens with one attached hydrogen (secondary N) is 1. The van der Waals surface area contributed by atoms with Crippen LogP contribution in [0.15, 0.2) is 30.3 Å². The largest absolute Gasteiger partial charge is 0.340 e. The average molecular weight is 289 g/mol. The van der Waals surface area contributed by atoms with E-state index in [1.54, 1.807) is 0 Å². The Labute approximate surface area is 128 Å². The van der Waals surface area contributed by atoms with Gasteiger partial charge in [0.05, 0.1) is 0 Å². The van der Waals surface area contributed by atoms with Crippen molar-refractivity contribution in [2.75, 3.05) is 45.8 Å². The minimum absolute atomic E-state index is 0.290. The SMILES string of the molecule is CCN1CCN(C(=O)CCNCCc2ccccc2)CC1. The molecule has 1 aromatic rings. The van der Waals surface area contributed by atoms with Gasteiger partial charge in [0.15, 0.2) is 0 Å². The molecular weight excluding hydrogens is 262 g/mol. The van der Waals surface area contributed by atoms with Crippen LogP contribution in [0.1, 0.15) is 18.9 Å². The van der Waals surface area contributed by atoms with Gasteiger partial charge in [0.1, 0.15) is 0 Å². The van der Waals surface area contributed by atoms with Gasteiger partial charge < -0.3 is 15.1 Å². The zero-order valence-corrected chi connectivity index (χ0v) is 13.1. The number of hydrogen-bond donors (Lipinski definition) is 1. The highest BCUT2D eigenvalue weighted by Gasteiger charge is 2.19. The Morgan fingerprint density at radius 2 is 1.81 bits per heavy atom. The number of hydrogen-bond acceptors (Lipinski definition) is 3. The second-order valence-corrected chi connectivity index (χ2v) is 5.55. The lowest BCUT2D eigenvalue weighted by Crippen LogP contribution is -2.48. The summed E-state index contributed by atoms with van der Waals surface area (Å²) in [4.78, 5) is 16.5. The van der Waals surface area contributed by atoms with E-state index in [-0.39, 0.29) is 5.91 Å². The third kappa shape index (κ3) is 5.48. The Morgan fingerprint density at radius 1 is 1.10 bits per heavy atom. The Morgan fingerprint density at radius 3 is 2.48 bits per heavy atom. The van der Waals surface area contributed by atoms with Gasteiger partial charge in [-0.25, -0.2) is 0 Å². The molecule has 0 radical (unpaired) electrons. The van der Waals surface area contributed by atoms with Crippen molar-refractivity contribution in [3.8, 4) is 0 Å². The fourth-order valence-electron chi connectivity index (χ4n) is 2.67. The van der Waals surface area contributed by atoms with E-state index in [0.29, 0.717) is 6.42 Å². The molecule has 1 saturated heterocycles. The topological polar surface area (TPSA) is 35.6 Å². The number of carbonyl (C=O) groups is 1. The van der Waals surface area contributed by atoms with Crippen LogP contribution in [0.4, 0.5) is 0 Å². The van der Waals surface area contributed by atoms with Gasteiger partial charge >= 0.3 is 0 Å². The first-order chi connectivity index (χ1) is 10.3. The van der Waals surface area contributed by atoms with Crippen LogP contribution >= 0.6 is 0 Å². The van der Waals surface area contributed by atoms with E-state index in [4.69, 9.17) is 0 Å². The van der Waals surface area contributed by atoms with Crippen LogP contribution in [0.25, 0.3) is 0 Å². The lowest BCUT2D eigenvalue weighted by atomic mass is 10.1. The second-order valence-electron chi connectivity index (χ2n) is 5.55. The number of amides is 1. The first-order valence-electron chi connectivity index (χ1n) is 8.04. The predicted octanol–water partition coefficient (Wildman–Crippen LogP) is 1.37. The summed E-state index contributed by atoms with van der Waals surface area (Å²) in [6.45, 7) is 8.78. The van der Waals surface area contributed by atoms with Crippen molar-refractivity contribution in [2.24, 2.45) is 0 Å². The third-order valence-electron chi connectivity index (χ3n) is 4.12. The summed E-state index contributed by atoms with van der Waals surface area (Å²) in [6, 6.07) is 10.4. The van der Waals surface area contributed by atoms with Crippen LogP contribution in [0.2, 0.25) is 0 Å². The maximum atomic E-state index is 12.1. The normalized spacial score (nSPS) is 16.1. The molecular formula is C17H27N3O. The minimum atomic E-state index is 0.290. The summed E-state index contributed by atoms with van der Waals surface area (Å²) >= 11 is 0. The van der Waals surface area contributed by atoms with Gasteiger partial charge in [-0.3, -0.25) is 4.79 Å². The summed E-state index contributed by atoms with van der Waals surface area (Å²) in [5, 5.41) is 3.37. The summed E-state index contributed by atoms with van der Waals surface area (Å²) in [5.41, 5.74) is 1.34. The van der Waals surface area contributed by atoms with Gasteiger partial charge in [0, 0.05) is 39.1 Å². The van der Waals surface area contributed by atoms with Crippen molar-refractivity contribution in [1.82, 2.24) is 15.1 Å². The number of nitrogens with zero attached hydrogens (tertiary/aromatic N) is 2. The van der Waals surface area contributed by atoms with E-state index >= 15 is 0 Å². The first kappa shape index (κ1) is 16.0. The Kier molecular flexibility index (Phi) is 6.70. The molecule has 1 aromatic carbocycles. The average Bonchev–Trinajstić information content (AvgIpc) is 2.55. The van der Waals surface area contributed by atoms with Gasteiger partial charge in [0.25, 0.3) is 0 Å². The molecule has 4 heteroatoms. The number of benzene rings is 1. The lowest BCUT2D eigenvalue weighted by Gasteiger charge is -2.34. The van der Waals surface area contributed by atoms with Crippen LogP contribution < -0.4 is 5.32 Å². The van der Waals surface area contributed by atoms with Crippen molar-refractivity contribution >= 4 is 5.91 Å². The van der Waals surface area contributed by atoms with Crippen LogP contribution in [-0.4, -0.2) is 61.5 Å². The Balaban J connectivity index is 1.55. The van der Waals surface area contributed by atoms with Crippen LogP contribution in [0, 0.1) is 0 Å². The van der Waals surface area contributed by atoms with Crippen molar-refractivity contribution in [1.29, 1.82) is 0 Å². The molecule has 0 bridgehead atoms. The molecule has 0 saturated carbocycles. The zero-order chi connectivity index (χ0) is 14.9. The smallest absolute Gasteiger partial charge is 0.223 e. The van der Waals surface area contributed by atoms with Gasteiger partial charge in [-0.1, -0.05) is 37.3 Å². The molecule has 1 aliphatic heterocycles. The van der Waals surface area contributed by atoms with Gasteiger partial charge in [0.2, 0.25) is 5.91 Å². The van der Waals surface area contributed by atoms with E-state index < -0.39 is 0 Å². The predicted molar refractivity (Wildman–Crippen MR) is 86.3 cm³/mol. The van der Waals surface area contributed by atoms with E-state index in [0.717, 1.165) is 52.2 Å². The highest BCUT2D eigenvalue weighted by molar-refractivity contribution is 5.76. The molecule has 1 heterocycles. The molecule has 1 N–H and O–H groups in total. The highest BCUT2D eigenvalue weighted by Crippen LogP contribution is 2.03. The summed E-state index contributed by atoms with van der Waals surface area (Å²) in [7, 11) is 0. The minimum Gasteiger partial charge on any atom is -0.340 e. The van der Waals surface area contributed by atoms with Crippen molar-refractivity contribution < 1.29 is 4.79 Å². The van der Waals surface area contributed by atoms with Crippen molar-refractivity contribution in [3.05, 3.63) is 35.9 Å². The Bertz CT molecular complexity index is 413. The number of carbonyl (C=O) groups excluding carboxylic acids is 1. The molecule has 21 heavy (non-hydrogen) atoms. The fourth-order valence-corrected chi connectivity index (χ4v) is 2.67. The number of likely N-dealkylation sites (N-methyl/N-ethyl adjacent to an activating group) is 1. The molecule has 0 unspecified atom stereocenters. The fraction of sp³-hybridized carbons (Fsp3) is 0.588. The number of rotatable bonds is 7. The molecule has 116 valence electrons. The van der Waals surface area contributed by atoms with Gasteiger partial charge in [-0.05, 0) is 25.1 Å². The lowest BCUT2D eigenvalue weighted by molar-refractivity contribution is -0.132. The Hall–Kier alpha value is -1.39. The molecule has 0 spiro atoms. The van der Waals surface area contributed by atoms with E-state index in [1.165, 1.54) is 5.56 Å². The molecule has 2 rings (SSSR count). The first-order valence-corrected chi connectivity index (χ1v) is 8.04. The van der Waals surface area contributed by atoms with Crippen LogP contribution in [0.5, 0.6) is 0 Å². The van der Waals surface area contributed by atoms with E-state index in [1.807, 2.05) is 11.0 Å². The van der Waals surface area contributed by atoms with Crippen molar-refractivity contribution in [3.63, 3.8) is 0 Å². The van der Waals surface area contributed by atoms with E-state index in [9.17, 15) is 4.79 Å². The van der Waals surface area contributed by atoms with Crippen LogP contribution in [0.3, 0.4) is 0 Å². The molecule has 4 nitrogen and oxygen atoms in total.